The van der Waals surface area contributed by atoms with Gasteiger partial charge in [0, 0.05) is 27.6 Å². The first-order chi connectivity index (χ1) is 20.3. The lowest BCUT2D eigenvalue weighted by atomic mass is 9.92. The molecule has 0 radical (unpaired) electrons. The van der Waals surface area contributed by atoms with E-state index in [1.54, 1.807) is 0 Å². The van der Waals surface area contributed by atoms with Crippen molar-refractivity contribution in [1.82, 2.24) is 5.32 Å². The summed E-state index contributed by atoms with van der Waals surface area (Å²) in [6, 6.07) is 51.4. The minimum absolute atomic E-state index is 0.0748. The molecule has 2 atom stereocenters. The lowest BCUT2D eigenvalue weighted by Gasteiger charge is -2.35. The summed E-state index contributed by atoms with van der Waals surface area (Å²) in [5.41, 5.74) is 11.3. The van der Waals surface area contributed by atoms with Crippen molar-refractivity contribution in [2.75, 3.05) is 5.32 Å². The number of benzene rings is 6. The summed E-state index contributed by atoms with van der Waals surface area (Å²) in [5.74, 6) is 0. The number of para-hydroxylation sites is 2. The molecular formula is C38H28N2O. The third-order valence-corrected chi connectivity index (χ3v) is 8.21. The molecule has 2 heterocycles. The van der Waals surface area contributed by atoms with E-state index >= 15 is 0 Å². The second-order valence-electron chi connectivity index (χ2n) is 10.6. The molecule has 6 aromatic carbocycles. The minimum atomic E-state index is -0.0894. The average molecular weight is 529 g/mol. The van der Waals surface area contributed by atoms with E-state index < -0.39 is 0 Å². The predicted molar refractivity (Wildman–Crippen MR) is 169 cm³/mol. The van der Waals surface area contributed by atoms with E-state index in [4.69, 9.17) is 4.42 Å². The summed E-state index contributed by atoms with van der Waals surface area (Å²) in [7, 11) is 0. The standard InChI is InChI=1S/C38H28N2O/c1-3-11-25(12-4-1)26-21-23-27(24-22-26)29-16-9-17-31-35-32(18-10-20-34(35)41-37(29)31)38-39-33-19-8-7-15-30(33)36(40-38)28-13-5-2-6-14-28/h1-24,36,38-40H. The molecule has 2 N–H and O–H groups in total. The zero-order valence-corrected chi connectivity index (χ0v) is 22.4. The molecule has 2 unspecified atom stereocenters. The zero-order valence-electron chi connectivity index (χ0n) is 22.4. The first kappa shape index (κ1) is 23.7. The monoisotopic (exact) mass is 528 g/mol. The Hall–Kier alpha value is -5.12. The van der Waals surface area contributed by atoms with Gasteiger partial charge in [-0.1, -0.05) is 133 Å². The number of furan rings is 1. The predicted octanol–water partition coefficient (Wildman–Crippen LogP) is 9.72. The normalized spacial score (nSPS) is 16.4. The lowest BCUT2D eigenvalue weighted by Crippen LogP contribution is -2.37. The van der Waals surface area contributed by atoms with E-state index in [0.29, 0.717) is 0 Å². The first-order valence-electron chi connectivity index (χ1n) is 14.1. The van der Waals surface area contributed by atoms with Crippen molar-refractivity contribution >= 4 is 27.6 Å². The number of hydrogen-bond acceptors (Lipinski definition) is 3. The van der Waals surface area contributed by atoms with Crippen molar-refractivity contribution in [3.05, 3.63) is 162 Å². The minimum Gasteiger partial charge on any atom is -0.455 e. The molecule has 0 aliphatic carbocycles. The van der Waals surface area contributed by atoms with Gasteiger partial charge in [0.25, 0.3) is 0 Å². The van der Waals surface area contributed by atoms with Crippen molar-refractivity contribution < 1.29 is 4.42 Å². The smallest absolute Gasteiger partial charge is 0.143 e. The van der Waals surface area contributed by atoms with Gasteiger partial charge < -0.3 is 9.73 Å². The molecular weight excluding hydrogens is 500 g/mol. The van der Waals surface area contributed by atoms with Gasteiger partial charge in [0.15, 0.2) is 0 Å². The molecule has 3 nitrogen and oxygen atoms in total. The number of fused-ring (bicyclic) bond motifs is 4. The van der Waals surface area contributed by atoms with Crippen LogP contribution < -0.4 is 10.6 Å². The molecule has 1 aliphatic heterocycles. The zero-order chi connectivity index (χ0) is 27.2. The third-order valence-electron chi connectivity index (χ3n) is 8.21. The highest BCUT2D eigenvalue weighted by Gasteiger charge is 2.29. The van der Waals surface area contributed by atoms with Gasteiger partial charge in [-0.15, -0.1) is 0 Å². The van der Waals surface area contributed by atoms with Crippen LogP contribution >= 0.6 is 0 Å². The van der Waals surface area contributed by atoms with Gasteiger partial charge in [0.1, 0.15) is 17.3 Å². The third kappa shape index (κ3) is 4.10. The Morgan fingerprint density at radius 2 is 1.17 bits per heavy atom. The van der Waals surface area contributed by atoms with E-state index in [-0.39, 0.29) is 12.2 Å². The second kappa shape index (κ2) is 9.81. The molecule has 8 rings (SSSR count). The fourth-order valence-electron chi connectivity index (χ4n) is 6.24. The van der Waals surface area contributed by atoms with Crippen molar-refractivity contribution in [2.45, 2.75) is 12.2 Å². The second-order valence-corrected chi connectivity index (χ2v) is 10.6. The Bertz CT molecular complexity index is 1990. The fourth-order valence-corrected chi connectivity index (χ4v) is 6.24. The summed E-state index contributed by atoms with van der Waals surface area (Å²) >= 11 is 0. The summed E-state index contributed by atoms with van der Waals surface area (Å²) in [6.45, 7) is 0. The van der Waals surface area contributed by atoms with Crippen LogP contribution in [0.2, 0.25) is 0 Å². The van der Waals surface area contributed by atoms with Crippen molar-refractivity contribution in [2.24, 2.45) is 0 Å². The van der Waals surface area contributed by atoms with Crippen molar-refractivity contribution in [3.8, 4) is 22.3 Å². The maximum atomic E-state index is 6.61. The van der Waals surface area contributed by atoms with Gasteiger partial charge >= 0.3 is 0 Å². The maximum absolute atomic E-state index is 6.61. The van der Waals surface area contributed by atoms with Gasteiger partial charge in [-0.05, 0) is 39.9 Å². The quantitative estimate of drug-likeness (QED) is 0.239. The van der Waals surface area contributed by atoms with Crippen molar-refractivity contribution in [3.63, 3.8) is 0 Å². The van der Waals surface area contributed by atoms with Crippen LogP contribution in [0.25, 0.3) is 44.2 Å². The van der Waals surface area contributed by atoms with Crippen LogP contribution in [0.4, 0.5) is 5.69 Å². The molecule has 1 aliphatic rings. The molecule has 0 saturated carbocycles. The molecule has 0 fully saturated rings. The van der Waals surface area contributed by atoms with E-state index in [9.17, 15) is 0 Å². The molecule has 1 aromatic heterocycles. The van der Waals surface area contributed by atoms with E-state index in [1.807, 2.05) is 6.07 Å². The van der Waals surface area contributed by atoms with Crippen LogP contribution in [-0.4, -0.2) is 0 Å². The van der Waals surface area contributed by atoms with Crippen LogP contribution in [0.1, 0.15) is 28.9 Å². The highest BCUT2D eigenvalue weighted by Crippen LogP contribution is 2.42. The molecule has 3 heteroatoms. The molecule has 0 saturated heterocycles. The molecule has 0 amide bonds. The number of anilines is 1. The van der Waals surface area contributed by atoms with Gasteiger partial charge in [-0.3, -0.25) is 5.32 Å². The maximum Gasteiger partial charge on any atom is 0.143 e. The molecule has 0 bridgehead atoms. The average Bonchev–Trinajstić information content (AvgIpc) is 3.44. The topological polar surface area (TPSA) is 37.2 Å². The highest BCUT2D eigenvalue weighted by atomic mass is 16.3. The van der Waals surface area contributed by atoms with E-state index in [0.717, 1.165) is 38.8 Å². The van der Waals surface area contributed by atoms with Crippen LogP contribution in [0.15, 0.2) is 150 Å². The summed E-state index contributed by atoms with van der Waals surface area (Å²) in [6.07, 6.45) is -0.0894. The highest BCUT2D eigenvalue weighted by molar-refractivity contribution is 6.11. The van der Waals surface area contributed by atoms with Gasteiger partial charge in [-0.25, -0.2) is 0 Å². The Morgan fingerprint density at radius 1 is 0.512 bits per heavy atom. The molecule has 196 valence electrons. The Labute approximate surface area is 239 Å². The van der Waals surface area contributed by atoms with Gasteiger partial charge in [-0.2, -0.15) is 0 Å². The number of nitrogens with one attached hydrogen (secondary N) is 2. The Balaban J connectivity index is 1.23. The number of hydrogen-bond donors (Lipinski definition) is 2. The van der Waals surface area contributed by atoms with E-state index in [1.165, 1.54) is 27.8 Å². The van der Waals surface area contributed by atoms with Crippen LogP contribution in [0, 0.1) is 0 Å². The van der Waals surface area contributed by atoms with Crippen molar-refractivity contribution in [1.29, 1.82) is 0 Å². The molecule has 0 spiro atoms. The van der Waals surface area contributed by atoms with Crippen LogP contribution in [0.5, 0.6) is 0 Å². The fraction of sp³-hybridized carbons (Fsp3) is 0.0526. The molecule has 7 aromatic rings. The van der Waals surface area contributed by atoms with Gasteiger partial charge in [0.2, 0.25) is 0 Å². The summed E-state index contributed by atoms with van der Waals surface area (Å²) in [4.78, 5) is 0. The van der Waals surface area contributed by atoms with Crippen LogP contribution in [-0.2, 0) is 0 Å². The number of rotatable bonds is 4. The Morgan fingerprint density at radius 3 is 2.00 bits per heavy atom. The van der Waals surface area contributed by atoms with E-state index in [2.05, 4.69) is 150 Å². The van der Waals surface area contributed by atoms with Gasteiger partial charge in [0.05, 0.1) is 6.04 Å². The summed E-state index contributed by atoms with van der Waals surface area (Å²) < 4.78 is 6.61. The largest absolute Gasteiger partial charge is 0.455 e. The lowest BCUT2D eigenvalue weighted by molar-refractivity contribution is 0.508. The van der Waals surface area contributed by atoms with Crippen LogP contribution in [0.3, 0.4) is 0 Å². The Kier molecular flexibility index (Phi) is 5.68. The first-order valence-corrected chi connectivity index (χ1v) is 14.1. The SMILES string of the molecule is c1ccc(-c2ccc(-c3cccc4c3oc3cccc(C5Nc6ccccc6C(c6ccccc6)N5)c34)cc2)cc1. The molecule has 41 heavy (non-hydrogen) atoms. The summed E-state index contributed by atoms with van der Waals surface area (Å²) in [5, 5.41) is 9.94.